The fraction of sp³-hybridized carbons (Fsp3) is 0.278. The second-order valence-corrected chi connectivity index (χ2v) is 5.80. The Balaban J connectivity index is 1.89. The van der Waals surface area contributed by atoms with Crippen LogP contribution in [0.15, 0.2) is 53.9 Å². The van der Waals surface area contributed by atoms with Gasteiger partial charge in [-0.15, -0.1) is 5.10 Å². The first kappa shape index (κ1) is 15.2. The molecule has 0 radical (unpaired) electrons. The van der Waals surface area contributed by atoms with Gasteiger partial charge in [0.05, 0.1) is 0 Å². The molecule has 0 unspecified atom stereocenters. The lowest BCUT2D eigenvalue weighted by atomic mass is 10.0. The molecule has 1 aliphatic rings. The summed E-state index contributed by atoms with van der Waals surface area (Å²) in [6, 6.07) is 11.7. The Morgan fingerprint density at radius 3 is 2.35 bits per heavy atom. The van der Waals surface area contributed by atoms with Gasteiger partial charge in [-0.2, -0.15) is 5.01 Å². The molecule has 0 saturated carbocycles. The van der Waals surface area contributed by atoms with E-state index in [1.807, 2.05) is 12.1 Å². The topological polar surface area (TPSA) is 54.8 Å². The molecule has 0 aliphatic carbocycles. The second-order valence-electron chi connectivity index (χ2n) is 5.80. The van der Waals surface area contributed by atoms with Crippen molar-refractivity contribution < 1.29 is 9.53 Å². The van der Waals surface area contributed by atoms with Crippen molar-refractivity contribution in [2.24, 2.45) is 5.10 Å². The SMILES string of the molecule is CC(=O)N1N=C(c2ccncc2)O[C@H]1c1ccc(C(C)C)cc1. The van der Waals surface area contributed by atoms with Crippen LogP contribution in [-0.4, -0.2) is 21.8 Å². The number of amides is 1. The molecule has 0 fully saturated rings. The van der Waals surface area contributed by atoms with E-state index in [-0.39, 0.29) is 5.91 Å². The summed E-state index contributed by atoms with van der Waals surface area (Å²) in [5, 5.41) is 5.70. The maximum absolute atomic E-state index is 11.9. The third-order valence-corrected chi connectivity index (χ3v) is 3.78. The van der Waals surface area contributed by atoms with Crippen molar-refractivity contribution in [2.75, 3.05) is 0 Å². The van der Waals surface area contributed by atoms with E-state index in [1.165, 1.54) is 17.5 Å². The summed E-state index contributed by atoms with van der Waals surface area (Å²) in [5.74, 6) is 0.730. The van der Waals surface area contributed by atoms with Crippen LogP contribution in [0.5, 0.6) is 0 Å². The van der Waals surface area contributed by atoms with Gasteiger partial charge in [-0.3, -0.25) is 9.78 Å². The van der Waals surface area contributed by atoms with E-state index in [1.54, 1.807) is 24.5 Å². The highest BCUT2D eigenvalue weighted by atomic mass is 16.5. The lowest BCUT2D eigenvalue weighted by Gasteiger charge is -2.19. The maximum Gasteiger partial charge on any atom is 0.243 e. The number of hydrogen-bond acceptors (Lipinski definition) is 4. The standard InChI is InChI=1S/C18H19N3O2/c1-12(2)14-4-6-16(7-5-14)18-21(13(3)22)20-17(23-18)15-8-10-19-11-9-15/h4-12,18H,1-3H3/t18-/m0/s1. The zero-order chi connectivity index (χ0) is 16.4. The van der Waals surface area contributed by atoms with Gasteiger partial charge in [-0.05, 0) is 23.6 Å². The Kier molecular flexibility index (Phi) is 4.10. The smallest absolute Gasteiger partial charge is 0.243 e. The Bertz CT molecular complexity index is 724. The Morgan fingerprint density at radius 2 is 1.78 bits per heavy atom. The van der Waals surface area contributed by atoms with Crippen molar-refractivity contribution in [3.8, 4) is 0 Å². The van der Waals surface area contributed by atoms with Gasteiger partial charge in [0, 0.05) is 30.4 Å². The van der Waals surface area contributed by atoms with Crippen LogP contribution in [0.1, 0.15) is 49.6 Å². The lowest BCUT2D eigenvalue weighted by molar-refractivity contribution is -0.135. The van der Waals surface area contributed by atoms with Crippen molar-refractivity contribution >= 4 is 11.8 Å². The molecule has 0 bridgehead atoms. The summed E-state index contributed by atoms with van der Waals surface area (Å²) in [5.41, 5.74) is 2.95. The van der Waals surface area contributed by atoms with Gasteiger partial charge in [0.15, 0.2) is 0 Å². The molecule has 0 spiro atoms. The van der Waals surface area contributed by atoms with Crippen LogP contribution in [0.4, 0.5) is 0 Å². The van der Waals surface area contributed by atoms with E-state index in [0.29, 0.717) is 11.8 Å². The first-order chi connectivity index (χ1) is 11.1. The van der Waals surface area contributed by atoms with E-state index in [9.17, 15) is 4.79 Å². The Hall–Kier alpha value is -2.69. The second kappa shape index (κ2) is 6.20. The van der Waals surface area contributed by atoms with Crippen molar-refractivity contribution in [3.63, 3.8) is 0 Å². The van der Waals surface area contributed by atoms with Crippen molar-refractivity contribution in [1.82, 2.24) is 9.99 Å². The number of carbonyl (C=O) groups excluding carboxylic acids is 1. The maximum atomic E-state index is 11.9. The first-order valence-corrected chi connectivity index (χ1v) is 7.61. The van der Waals surface area contributed by atoms with Gasteiger partial charge in [0.2, 0.25) is 18.0 Å². The van der Waals surface area contributed by atoms with Crippen LogP contribution < -0.4 is 0 Å². The monoisotopic (exact) mass is 309 g/mol. The molecule has 1 atom stereocenters. The minimum absolute atomic E-state index is 0.160. The summed E-state index contributed by atoms with van der Waals surface area (Å²) in [4.78, 5) is 15.9. The van der Waals surface area contributed by atoms with Crippen LogP contribution in [0.25, 0.3) is 0 Å². The predicted molar refractivity (Wildman–Crippen MR) is 87.7 cm³/mol. The quantitative estimate of drug-likeness (QED) is 0.872. The molecule has 2 heterocycles. The third kappa shape index (κ3) is 3.08. The van der Waals surface area contributed by atoms with Gasteiger partial charge in [-0.1, -0.05) is 38.1 Å². The molecule has 1 aromatic heterocycles. The van der Waals surface area contributed by atoms with E-state index < -0.39 is 6.23 Å². The summed E-state index contributed by atoms with van der Waals surface area (Å²) >= 11 is 0. The van der Waals surface area contributed by atoms with Crippen LogP contribution in [0.3, 0.4) is 0 Å². The van der Waals surface area contributed by atoms with Crippen LogP contribution in [-0.2, 0) is 9.53 Å². The average Bonchev–Trinajstić information content (AvgIpc) is 3.01. The molecule has 0 saturated heterocycles. The van der Waals surface area contributed by atoms with E-state index in [2.05, 4.69) is 36.1 Å². The molecule has 5 nitrogen and oxygen atoms in total. The number of ether oxygens (including phenoxy) is 1. The molecule has 5 heteroatoms. The van der Waals surface area contributed by atoms with Crippen LogP contribution in [0, 0.1) is 0 Å². The number of carbonyl (C=O) groups is 1. The molecular formula is C18H19N3O2. The summed E-state index contributed by atoms with van der Waals surface area (Å²) < 4.78 is 5.94. The van der Waals surface area contributed by atoms with E-state index in [0.717, 1.165) is 11.1 Å². The number of hydrogen-bond donors (Lipinski definition) is 0. The molecule has 118 valence electrons. The van der Waals surface area contributed by atoms with E-state index >= 15 is 0 Å². The average molecular weight is 309 g/mol. The molecule has 1 aliphatic heterocycles. The highest BCUT2D eigenvalue weighted by Gasteiger charge is 2.32. The Morgan fingerprint density at radius 1 is 1.13 bits per heavy atom. The van der Waals surface area contributed by atoms with Crippen LogP contribution >= 0.6 is 0 Å². The first-order valence-electron chi connectivity index (χ1n) is 7.61. The normalized spacial score (nSPS) is 17.1. The number of pyridine rings is 1. The summed E-state index contributed by atoms with van der Waals surface area (Å²) in [7, 11) is 0. The molecular weight excluding hydrogens is 290 g/mol. The molecule has 2 aromatic rings. The highest BCUT2D eigenvalue weighted by Crippen LogP contribution is 2.30. The zero-order valence-corrected chi connectivity index (χ0v) is 13.4. The molecule has 23 heavy (non-hydrogen) atoms. The van der Waals surface area contributed by atoms with E-state index in [4.69, 9.17) is 4.74 Å². The Labute approximate surface area is 135 Å². The number of hydrazone groups is 1. The van der Waals surface area contributed by atoms with Gasteiger partial charge < -0.3 is 4.74 Å². The molecule has 3 rings (SSSR count). The molecule has 1 amide bonds. The number of nitrogens with zero attached hydrogens (tertiary/aromatic N) is 3. The van der Waals surface area contributed by atoms with Gasteiger partial charge in [0.1, 0.15) is 0 Å². The predicted octanol–water partition coefficient (Wildman–Crippen LogP) is 3.44. The largest absolute Gasteiger partial charge is 0.446 e. The van der Waals surface area contributed by atoms with Gasteiger partial charge in [0.25, 0.3) is 0 Å². The van der Waals surface area contributed by atoms with Crippen molar-refractivity contribution in [1.29, 1.82) is 0 Å². The lowest BCUT2D eigenvalue weighted by Crippen LogP contribution is -2.25. The van der Waals surface area contributed by atoms with Crippen molar-refractivity contribution in [3.05, 3.63) is 65.5 Å². The number of benzene rings is 1. The number of rotatable bonds is 3. The van der Waals surface area contributed by atoms with Crippen molar-refractivity contribution in [2.45, 2.75) is 32.9 Å². The van der Waals surface area contributed by atoms with Crippen LogP contribution in [0.2, 0.25) is 0 Å². The summed E-state index contributed by atoms with van der Waals surface area (Å²) in [6.45, 7) is 5.78. The molecule has 0 N–H and O–H groups in total. The third-order valence-electron chi connectivity index (χ3n) is 3.78. The highest BCUT2D eigenvalue weighted by molar-refractivity contribution is 5.96. The fourth-order valence-corrected chi connectivity index (χ4v) is 2.44. The zero-order valence-electron chi connectivity index (χ0n) is 13.4. The minimum atomic E-state index is -0.531. The van der Waals surface area contributed by atoms with Gasteiger partial charge >= 0.3 is 0 Å². The minimum Gasteiger partial charge on any atom is -0.446 e. The summed E-state index contributed by atoms with van der Waals surface area (Å²) in [6.07, 6.45) is 2.81. The molecule has 1 aromatic carbocycles. The van der Waals surface area contributed by atoms with Gasteiger partial charge in [-0.25, -0.2) is 0 Å². The fourth-order valence-electron chi connectivity index (χ4n) is 2.44. The number of aromatic nitrogens is 1.